The molecule has 1 aromatic carbocycles. The number of sulfonamides is 1. The number of nitrogens with zero attached hydrogens (tertiary/aromatic N) is 1. The summed E-state index contributed by atoms with van der Waals surface area (Å²) in [5, 5.41) is 0. The number of ether oxygens (including phenoxy) is 2. The van der Waals surface area contributed by atoms with Crippen LogP contribution in [0, 0.1) is 0 Å². The Bertz CT molecular complexity index is 739. The van der Waals surface area contributed by atoms with Gasteiger partial charge < -0.3 is 9.47 Å². The van der Waals surface area contributed by atoms with Gasteiger partial charge in [0.05, 0.1) is 19.1 Å². The zero-order valence-corrected chi connectivity index (χ0v) is 14.6. The molecule has 0 bridgehead atoms. The van der Waals surface area contributed by atoms with Gasteiger partial charge in [-0.05, 0) is 37.3 Å². The lowest BCUT2D eigenvalue weighted by Crippen LogP contribution is -2.32. The van der Waals surface area contributed by atoms with Crippen LogP contribution < -0.4 is 9.47 Å². The molecule has 1 aliphatic heterocycles. The molecule has 0 aromatic heterocycles. The van der Waals surface area contributed by atoms with Crippen LogP contribution in [0.5, 0.6) is 11.5 Å². The van der Waals surface area contributed by atoms with Crippen molar-refractivity contribution in [3.8, 4) is 11.5 Å². The lowest BCUT2D eigenvalue weighted by molar-refractivity contribution is 0.352. The van der Waals surface area contributed by atoms with Crippen molar-refractivity contribution in [3.05, 3.63) is 29.3 Å². The van der Waals surface area contributed by atoms with Gasteiger partial charge in [0.25, 0.3) is 0 Å². The van der Waals surface area contributed by atoms with Gasteiger partial charge in [-0.1, -0.05) is 11.6 Å². The minimum atomic E-state index is -3.52. The fourth-order valence-corrected chi connectivity index (χ4v) is 4.94. The molecule has 1 aliphatic carbocycles. The number of allylic oxidation sites excluding steroid dienone is 1. The van der Waals surface area contributed by atoms with Gasteiger partial charge in [0.15, 0.2) is 11.5 Å². The summed E-state index contributed by atoms with van der Waals surface area (Å²) in [5.74, 6) is 1.18. The molecule has 0 saturated carbocycles. The standard InChI is InChI=1S/C17H23NO4S/c1-18-9-8-12-6-4-5-7-13(12)14-10-15(21-2)16(22-3)11-17(14)23(18,19)20/h6,10-11,13H,4-5,7-9H2,1-3H3. The van der Waals surface area contributed by atoms with E-state index in [-0.39, 0.29) is 5.92 Å². The van der Waals surface area contributed by atoms with Crippen LogP contribution in [0.3, 0.4) is 0 Å². The van der Waals surface area contributed by atoms with Crippen molar-refractivity contribution in [2.24, 2.45) is 0 Å². The predicted molar refractivity (Wildman–Crippen MR) is 88.7 cm³/mol. The Hall–Kier alpha value is -1.53. The molecule has 1 heterocycles. The predicted octanol–water partition coefficient (Wildman–Crippen LogP) is 2.92. The molecule has 2 aliphatic rings. The summed E-state index contributed by atoms with van der Waals surface area (Å²) in [4.78, 5) is 0.343. The molecule has 5 nitrogen and oxygen atoms in total. The van der Waals surface area contributed by atoms with Gasteiger partial charge in [-0.15, -0.1) is 0 Å². The highest BCUT2D eigenvalue weighted by atomic mass is 32.2. The lowest BCUT2D eigenvalue weighted by atomic mass is 9.81. The molecule has 0 spiro atoms. The Labute approximate surface area is 137 Å². The second-order valence-corrected chi connectivity index (χ2v) is 8.10. The van der Waals surface area contributed by atoms with Crippen LogP contribution >= 0.6 is 0 Å². The van der Waals surface area contributed by atoms with Crippen molar-refractivity contribution in [1.82, 2.24) is 4.31 Å². The van der Waals surface area contributed by atoms with E-state index in [0.29, 0.717) is 22.9 Å². The molecule has 1 unspecified atom stereocenters. The largest absolute Gasteiger partial charge is 0.493 e. The molecule has 6 heteroatoms. The third-order valence-corrected chi connectivity index (χ3v) is 6.76. The normalized spacial score (nSPS) is 23.8. The quantitative estimate of drug-likeness (QED) is 0.779. The summed E-state index contributed by atoms with van der Waals surface area (Å²) in [6.07, 6.45) is 6.20. The van der Waals surface area contributed by atoms with E-state index in [4.69, 9.17) is 9.47 Å². The van der Waals surface area contributed by atoms with Gasteiger partial charge in [0.2, 0.25) is 10.0 Å². The monoisotopic (exact) mass is 337 g/mol. The molecule has 0 fully saturated rings. The van der Waals surface area contributed by atoms with E-state index in [1.54, 1.807) is 20.2 Å². The maximum atomic E-state index is 12.9. The first kappa shape index (κ1) is 16.3. The maximum absolute atomic E-state index is 12.9. The average molecular weight is 337 g/mol. The lowest BCUT2D eigenvalue weighted by Gasteiger charge is -2.32. The molecular weight excluding hydrogens is 314 g/mol. The van der Waals surface area contributed by atoms with Crippen LogP contribution in [0.2, 0.25) is 0 Å². The third-order valence-electron chi connectivity index (χ3n) is 4.85. The van der Waals surface area contributed by atoms with E-state index in [1.807, 2.05) is 6.07 Å². The molecule has 126 valence electrons. The minimum absolute atomic E-state index is 0.155. The van der Waals surface area contributed by atoms with Crippen LogP contribution in [0.15, 0.2) is 28.7 Å². The average Bonchev–Trinajstić information content (AvgIpc) is 2.57. The molecule has 3 rings (SSSR count). The van der Waals surface area contributed by atoms with Crippen molar-refractivity contribution in [3.63, 3.8) is 0 Å². The first-order valence-electron chi connectivity index (χ1n) is 7.90. The van der Waals surface area contributed by atoms with Gasteiger partial charge in [-0.2, -0.15) is 0 Å². The number of fused-ring (bicyclic) bond motifs is 3. The van der Waals surface area contributed by atoms with Gasteiger partial charge in [0.1, 0.15) is 0 Å². The highest BCUT2D eigenvalue weighted by Gasteiger charge is 2.34. The van der Waals surface area contributed by atoms with E-state index in [9.17, 15) is 8.42 Å². The highest BCUT2D eigenvalue weighted by Crippen LogP contribution is 2.44. The Balaban J connectivity index is 2.28. The summed E-state index contributed by atoms with van der Waals surface area (Å²) < 4.78 is 38.0. The summed E-state index contributed by atoms with van der Waals surface area (Å²) in [6, 6.07) is 3.45. The number of methoxy groups -OCH3 is 2. The molecule has 0 amide bonds. The van der Waals surface area contributed by atoms with Gasteiger partial charge in [0, 0.05) is 25.6 Å². The van der Waals surface area contributed by atoms with E-state index in [1.165, 1.54) is 17.0 Å². The van der Waals surface area contributed by atoms with Crippen LogP contribution in [-0.2, 0) is 10.0 Å². The highest BCUT2D eigenvalue weighted by molar-refractivity contribution is 7.89. The maximum Gasteiger partial charge on any atom is 0.243 e. The van der Waals surface area contributed by atoms with Gasteiger partial charge in [-0.3, -0.25) is 0 Å². The van der Waals surface area contributed by atoms with Crippen LogP contribution in [-0.4, -0.2) is 40.5 Å². The summed E-state index contributed by atoms with van der Waals surface area (Å²) in [6.45, 7) is 0.512. The molecule has 0 radical (unpaired) electrons. The first-order valence-corrected chi connectivity index (χ1v) is 9.34. The van der Waals surface area contributed by atoms with Crippen LogP contribution in [0.1, 0.15) is 37.2 Å². The van der Waals surface area contributed by atoms with E-state index >= 15 is 0 Å². The number of rotatable bonds is 2. The fraction of sp³-hybridized carbons (Fsp3) is 0.529. The summed E-state index contributed by atoms with van der Waals surface area (Å²) in [7, 11) is 1.22. The van der Waals surface area contributed by atoms with Crippen LogP contribution in [0.25, 0.3) is 0 Å². The first-order chi connectivity index (χ1) is 11.0. The Kier molecular flexibility index (Phi) is 4.38. The second kappa shape index (κ2) is 6.17. The van der Waals surface area contributed by atoms with Crippen molar-refractivity contribution in [2.75, 3.05) is 27.8 Å². The number of hydrogen-bond donors (Lipinski definition) is 0. The summed E-state index contributed by atoms with van der Waals surface area (Å²) in [5.41, 5.74) is 2.17. The zero-order chi connectivity index (χ0) is 16.6. The smallest absolute Gasteiger partial charge is 0.243 e. The van der Waals surface area contributed by atoms with Crippen molar-refractivity contribution < 1.29 is 17.9 Å². The number of benzene rings is 1. The SMILES string of the molecule is COc1cc2c(cc1OC)S(=O)(=O)N(C)CCC1=CCCCC12. The van der Waals surface area contributed by atoms with Gasteiger partial charge >= 0.3 is 0 Å². The van der Waals surface area contributed by atoms with Gasteiger partial charge in [-0.25, -0.2) is 12.7 Å². The number of hydrogen-bond acceptors (Lipinski definition) is 4. The molecular formula is C17H23NO4S. The molecule has 1 aromatic rings. The topological polar surface area (TPSA) is 55.8 Å². The Morgan fingerprint density at radius 3 is 2.57 bits per heavy atom. The van der Waals surface area contributed by atoms with E-state index in [2.05, 4.69) is 6.08 Å². The molecule has 1 atom stereocenters. The molecule has 23 heavy (non-hydrogen) atoms. The molecule has 0 N–H and O–H groups in total. The Morgan fingerprint density at radius 2 is 1.87 bits per heavy atom. The van der Waals surface area contributed by atoms with Crippen molar-refractivity contribution in [1.29, 1.82) is 0 Å². The molecule has 0 saturated heterocycles. The summed E-state index contributed by atoms with van der Waals surface area (Å²) >= 11 is 0. The van der Waals surface area contributed by atoms with Crippen LogP contribution in [0.4, 0.5) is 0 Å². The van der Waals surface area contributed by atoms with E-state index in [0.717, 1.165) is 31.2 Å². The minimum Gasteiger partial charge on any atom is -0.493 e. The van der Waals surface area contributed by atoms with Crippen molar-refractivity contribution >= 4 is 10.0 Å². The van der Waals surface area contributed by atoms with Crippen molar-refractivity contribution in [2.45, 2.75) is 36.5 Å². The third kappa shape index (κ3) is 2.74. The fourth-order valence-electron chi connectivity index (χ4n) is 3.52. The zero-order valence-electron chi connectivity index (χ0n) is 13.8. The second-order valence-electron chi connectivity index (χ2n) is 6.08. The Morgan fingerprint density at radius 1 is 1.17 bits per heavy atom. The van der Waals surface area contributed by atoms with E-state index < -0.39 is 10.0 Å².